The number of nitrogens with one attached hydrogen (secondary N) is 1. The van der Waals surface area contributed by atoms with Crippen LogP contribution in [0.3, 0.4) is 0 Å². The quantitative estimate of drug-likeness (QED) is 0.587. The zero-order valence-electron chi connectivity index (χ0n) is 17.8. The van der Waals surface area contributed by atoms with E-state index < -0.39 is 17.7 Å². The van der Waals surface area contributed by atoms with Gasteiger partial charge in [-0.1, -0.05) is 30.3 Å². The second kappa shape index (κ2) is 9.79. The average molecular weight is 451 g/mol. The van der Waals surface area contributed by atoms with Crippen LogP contribution in [0.5, 0.6) is 0 Å². The van der Waals surface area contributed by atoms with Crippen molar-refractivity contribution in [2.24, 2.45) is 0 Å². The van der Waals surface area contributed by atoms with Crippen LogP contribution >= 0.6 is 0 Å². The Bertz CT molecular complexity index is 1180. The van der Waals surface area contributed by atoms with Gasteiger partial charge in [-0.05, 0) is 36.4 Å². The van der Waals surface area contributed by atoms with E-state index >= 15 is 0 Å². The van der Waals surface area contributed by atoms with Gasteiger partial charge in [0.1, 0.15) is 11.6 Å². The molecular weight excluding hydrogens is 428 g/mol. The van der Waals surface area contributed by atoms with Gasteiger partial charge in [0.2, 0.25) is 0 Å². The molecule has 3 aromatic rings. The van der Waals surface area contributed by atoms with Crippen molar-refractivity contribution in [2.75, 3.05) is 36.4 Å². The van der Waals surface area contributed by atoms with Gasteiger partial charge in [0, 0.05) is 44.0 Å². The maximum atomic E-state index is 13.9. The Morgan fingerprint density at radius 1 is 0.848 bits per heavy atom. The van der Waals surface area contributed by atoms with E-state index in [1.165, 1.54) is 42.5 Å². The Morgan fingerprint density at radius 2 is 1.52 bits per heavy atom. The number of aromatic carboxylic acids is 1. The molecule has 0 saturated carbocycles. The van der Waals surface area contributed by atoms with Crippen LogP contribution < -0.4 is 10.2 Å². The van der Waals surface area contributed by atoms with Gasteiger partial charge in [0.05, 0.1) is 16.8 Å². The normalized spacial score (nSPS) is 14.2. The maximum Gasteiger partial charge on any atom is 0.337 e. The Kier molecular flexibility index (Phi) is 6.65. The molecule has 170 valence electrons. The minimum atomic E-state index is -1.20. The fourth-order valence-electron chi connectivity index (χ4n) is 3.88. The van der Waals surface area contributed by atoms with E-state index in [0.29, 0.717) is 44.0 Å². The fraction of sp³-hybridized carbons (Fsp3) is 0.200. The van der Waals surface area contributed by atoms with E-state index in [4.69, 9.17) is 0 Å². The van der Waals surface area contributed by atoms with Crippen molar-refractivity contribution in [1.82, 2.24) is 4.90 Å². The summed E-state index contributed by atoms with van der Waals surface area (Å²) in [5, 5.41) is 12.2. The summed E-state index contributed by atoms with van der Waals surface area (Å²) in [5.41, 5.74) is 1.21. The van der Waals surface area contributed by atoms with E-state index in [-0.39, 0.29) is 22.6 Å². The molecule has 0 unspecified atom stereocenters. The van der Waals surface area contributed by atoms with Gasteiger partial charge in [-0.3, -0.25) is 9.69 Å². The Labute approximate surface area is 190 Å². The molecule has 0 bridgehead atoms. The molecule has 2 N–H and O–H groups in total. The summed E-state index contributed by atoms with van der Waals surface area (Å²) in [6.07, 6.45) is 0. The number of carbonyl (C=O) groups is 2. The van der Waals surface area contributed by atoms with Crippen LogP contribution in [0, 0.1) is 11.6 Å². The van der Waals surface area contributed by atoms with Crippen molar-refractivity contribution < 1.29 is 23.5 Å². The number of nitrogens with zero attached hydrogens (tertiary/aromatic N) is 2. The first-order valence-electron chi connectivity index (χ1n) is 10.6. The maximum absolute atomic E-state index is 13.9. The van der Waals surface area contributed by atoms with Crippen molar-refractivity contribution in [3.8, 4) is 0 Å². The van der Waals surface area contributed by atoms with E-state index in [1.807, 2.05) is 11.0 Å². The molecule has 1 fully saturated rings. The minimum absolute atomic E-state index is 0.0778. The molecule has 1 heterocycles. The van der Waals surface area contributed by atoms with Crippen LogP contribution in [0.15, 0.2) is 66.7 Å². The zero-order valence-corrected chi connectivity index (χ0v) is 17.8. The van der Waals surface area contributed by atoms with Crippen molar-refractivity contribution in [2.45, 2.75) is 6.54 Å². The van der Waals surface area contributed by atoms with Crippen LogP contribution in [0.2, 0.25) is 0 Å². The number of amides is 1. The monoisotopic (exact) mass is 451 g/mol. The number of rotatable bonds is 6. The van der Waals surface area contributed by atoms with Crippen LogP contribution in [-0.2, 0) is 6.54 Å². The third-order valence-electron chi connectivity index (χ3n) is 5.69. The predicted molar refractivity (Wildman–Crippen MR) is 122 cm³/mol. The molecule has 33 heavy (non-hydrogen) atoms. The van der Waals surface area contributed by atoms with E-state index in [2.05, 4.69) is 10.2 Å². The Morgan fingerprint density at radius 3 is 2.18 bits per heavy atom. The number of carbonyl (C=O) groups excluding carboxylic acids is 1. The van der Waals surface area contributed by atoms with Gasteiger partial charge < -0.3 is 15.3 Å². The smallest absolute Gasteiger partial charge is 0.337 e. The van der Waals surface area contributed by atoms with Crippen LogP contribution in [-0.4, -0.2) is 48.1 Å². The molecule has 1 aliphatic rings. The summed E-state index contributed by atoms with van der Waals surface area (Å²) in [5.74, 6) is -2.82. The molecule has 0 atom stereocenters. The highest BCUT2D eigenvalue weighted by atomic mass is 19.1. The molecule has 1 amide bonds. The number of piperazine rings is 1. The van der Waals surface area contributed by atoms with Crippen molar-refractivity contribution in [3.63, 3.8) is 0 Å². The number of carboxylic acids is 1. The zero-order chi connectivity index (χ0) is 23.4. The second-order valence-electron chi connectivity index (χ2n) is 7.82. The van der Waals surface area contributed by atoms with Gasteiger partial charge in [0.15, 0.2) is 0 Å². The summed E-state index contributed by atoms with van der Waals surface area (Å²) in [4.78, 5) is 28.5. The molecule has 4 rings (SSSR count). The lowest BCUT2D eigenvalue weighted by Gasteiger charge is -2.36. The van der Waals surface area contributed by atoms with Gasteiger partial charge in [0.25, 0.3) is 5.91 Å². The minimum Gasteiger partial charge on any atom is -0.478 e. The lowest BCUT2D eigenvalue weighted by molar-refractivity contribution is 0.0698. The molecule has 0 radical (unpaired) electrons. The summed E-state index contributed by atoms with van der Waals surface area (Å²) >= 11 is 0. The first kappa shape index (κ1) is 22.4. The summed E-state index contributed by atoms with van der Waals surface area (Å²) < 4.78 is 27.8. The Hall–Kier alpha value is -3.78. The van der Waals surface area contributed by atoms with Crippen LogP contribution in [0.25, 0.3) is 0 Å². The highest BCUT2D eigenvalue weighted by Crippen LogP contribution is 2.26. The molecule has 6 nitrogen and oxygen atoms in total. The second-order valence-corrected chi connectivity index (χ2v) is 7.82. The summed E-state index contributed by atoms with van der Waals surface area (Å²) in [7, 11) is 0. The first-order valence-corrected chi connectivity index (χ1v) is 10.6. The molecule has 0 aliphatic carbocycles. The number of carboxylic acid groups (broad SMARTS) is 1. The predicted octanol–water partition coefficient (Wildman–Crippen LogP) is 4.24. The van der Waals surface area contributed by atoms with E-state index in [1.54, 1.807) is 18.2 Å². The standard InChI is InChI=1S/C25H23F2N3O3/c26-21-7-3-1-5-17(21)16-29-11-13-30(14-12-29)18-9-10-23(20(15-18)25(32)33)28-24(31)19-6-2-4-8-22(19)27/h1-10,15H,11-14,16H2,(H,28,31)(H,32,33). The average Bonchev–Trinajstić information content (AvgIpc) is 2.81. The fourth-order valence-corrected chi connectivity index (χ4v) is 3.88. The largest absolute Gasteiger partial charge is 0.478 e. The molecule has 0 spiro atoms. The SMILES string of the molecule is O=C(Nc1ccc(N2CCN(Cc3ccccc3F)CC2)cc1C(=O)O)c1ccccc1F. The highest BCUT2D eigenvalue weighted by Gasteiger charge is 2.21. The Balaban J connectivity index is 1.45. The topological polar surface area (TPSA) is 72.9 Å². The molecule has 1 saturated heterocycles. The van der Waals surface area contributed by atoms with E-state index in [9.17, 15) is 23.5 Å². The molecule has 1 aliphatic heterocycles. The van der Waals surface area contributed by atoms with Crippen molar-refractivity contribution >= 4 is 23.3 Å². The first-order chi connectivity index (χ1) is 15.9. The third-order valence-corrected chi connectivity index (χ3v) is 5.69. The molecular formula is C25H23F2N3O3. The third kappa shape index (κ3) is 5.18. The van der Waals surface area contributed by atoms with Crippen molar-refractivity contribution in [3.05, 3.63) is 95.1 Å². The van der Waals surface area contributed by atoms with Gasteiger partial charge in [-0.15, -0.1) is 0 Å². The lowest BCUT2D eigenvalue weighted by atomic mass is 10.1. The number of halogens is 2. The lowest BCUT2D eigenvalue weighted by Crippen LogP contribution is -2.46. The van der Waals surface area contributed by atoms with Crippen LogP contribution in [0.1, 0.15) is 26.3 Å². The molecule has 3 aromatic carbocycles. The molecule has 8 heteroatoms. The van der Waals surface area contributed by atoms with E-state index in [0.717, 1.165) is 0 Å². The summed E-state index contributed by atoms with van der Waals surface area (Å²) in [6.45, 7) is 3.20. The number of benzene rings is 3. The number of anilines is 2. The summed E-state index contributed by atoms with van der Waals surface area (Å²) in [6, 6.07) is 17.0. The molecule has 0 aromatic heterocycles. The number of hydrogen-bond acceptors (Lipinski definition) is 4. The van der Waals surface area contributed by atoms with Gasteiger partial charge >= 0.3 is 5.97 Å². The van der Waals surface area contributed by atoms with Crippen molar-refractivity contribution in [1.29, 1.82) is 0 Å². The highest BCUT2D eigenvalue weighted by molar-refractivity contribution is 6.08. The van der Waals surface area contributed by atoms with Crippen LogP contribution in [0.4, 0.5) is 20.2 Å². The van der Waals surface area contributed by atoms with Gasteiger partial charge in [-0.25, -0.2) is 13.6 Å². The van der Waals surface area contributed by atoms with Gasteiger partial charge in [-0.2, -0.15) is 0 Å². The number of hydrogen-bond donors (Lipinski definition) is 2.